The molecule has 0 aromatic carbocycles. The molecular formula is C13H25NO2. The van der Waals surface area contributed by atoms with Gasteiger partial charge in [0.2, 0.25) is 0 Å². The lowest BCUT2D eigenvalue weighted by Gasteiger charge is -2.35. The van der Waals surface area contributed by atoms with E-state index in [9.17, 15) is 0 Å². The molecule has 16 heavy (non-hydrogen) atoms. The van der Waals surface area contributed by atoms with E-state index in [-0.39, 0.29) is 0 Å². The summed E-state index contributed by atoms with van der Waals surface area (Å²) < 4.78 is 11.3. The summed E-state index contributed by atoms with van der Waals surface area (Å²) in [6.07, 6.45) is 4.14. The van der Waals surface area contributed by atoms with Crippen LogP contribution in [-0.2, 0) is 9.47 Å². The van der Waals surface area contributed by atoms with Gasteiger partial charge < -0.3 is 14.8 Å². The molecule has 2 saturated heterocycles. The lowest BCUT2D eigenvalue weighted by atomic mass is 9.81. The molecule has 2 fully saturated rings. The van der Waals surface area contributed by atoms with Gasteiger partial charge in [0.05, 0.1) is 12.7 Å². The van der Waals surface area contributed by atoms with Gasteiger partial charge in [-0.2, -0.15) is 0 Å². The molecule has 0 spiro atoms. The second kappa shape index (κ2) is 5.99. The van der Waals surface area contributed by atoms with E-state index in [0.717, 1.165) is 26.4 Å². The summed E-state index contributed by atoms with van der Waals surface area (Å²) in [7, 11) is 0. The molecule has 0 bridgehead atoms. The largest absolute Gasteiger partial charge is 0.381 e. The van der Waals surface area contributed by atoms with E-state index in [4.69, 9.17) is 9.47 Å². The Kier molecular flexibility index (Phi) is 4.62. The Morgan fingerprint density at radius 1 is 1.31 bits per heavy atom. The van der Waals surface area contributed by atoms with Crippen LogP contribution >= 0.6 is 0 Å². The third kappa shape index (κ3) is 2.76. The van der Waals surface area contributed by atoms with Gasteiger partial charge in [-0.15, -0.1) is 0 Å². The third-order valence-corrected chi connectivity index (χ3v) is 4.04. The van der Waals surface area contributed by atoms with Crippen molar-refractivity contribution in [3.63, 3.8) is 0 Å². The highest BCUT2D eigenvalue weighted by Crippen LogP contribution is 2.31. The van der Waals surface area contributed by atoms with Crippen molar-refractivity contribution in [1.82, 2.24) is 5.32 Å². The summed E-state index contributed by atoms with van der Waals surface area (Å²) in [6.45, 7) is 8.27. The average molecular weight is 227 g/mol. The molecule has 0 aliphatic carbocycles. The van der Waals surface area contributed by atoms with Crippen molar-refractivity contribution >= 4 is 0 Å². The van der Waals surface area contributed by atoms with E-state index < -0.39 is 0 Å². The highest BCUT2D eigenvalue weighted by molar-refractivity contribution is 4.89. The molecule has 1 N–H and O–H groups in total. The van der Waals surface area contributed by atoms with Gasteiger partial charge in [0.15, 0.2) is 0 Å². The first-order valence-electron chi connectivity index (χ1n) is 6.75. The fourth-order valence-electron chi connectivity index (χ4n) is 3.17. The van der Waals surface area contributed by atoms with Crippen molar-refractivity contribution in [1.29, 1.82) is 0 Å². The highest BCUT2D eigenvalue weighted by atomic mass is 16.5. The van der Waals surface area contributed by atoms with Crippen LogP contribution in [0.1, 0.15) is 33.1 Å². The molecule has 0 radical (unpaired) electrons. The van der Waals surface area contributed by atoms with Crippen molar-refractivity contribution in [2.45, 2.75) is 45.3 Å². The standard InChI is InChI=1S/C13H25NO2/c1-3-14-13(11-5-4-7-15-9-11)12-6-8-16-10(12)2/h10-14H,3-9H2,1-2H3. The predicted octanol–water partition coefficient (Wildman–Crippen LogP) is 1.82. The molecule has 0 aromatic rings. The molecule has 2 heterocycles. The van der Waals surface area contributed by atoms with Crippen molar-refractivity contribution in [3.05, 3.63) is 0 Å². The van der Waals surface area contributed by atoms with E-state index in [0.29, 0.717) is 24.0 Å². The molecule has 3 nitrogen and oxygen atoms in total. The van der Waals surface area contributed by atoms with Crippen molar-refractivity contribution in [2.75, 3.05) is 26.4 Å². The lowest BCUT2D eigenvalue weighted by molar-refractivity contribution is 0.0175. The average Bonchev–Trinajstić information content (AvgIpc) is 2.73. The minimum absolute atomic E-state index is 0.408. The first kappa shape index (κ1) is 12.3. The van der Waals surface area contributed by atoms with Crippen molar-refractivity contribution in [2.24, 2.45) is 11.8 Å². The Morgan fingerprint density at radius 2 is 2.19 bits per heavy atom. The van der Waals surface area contributed by atoms with Crippen LogP contribution in [0.25, 0.3) is 0 Å². The Labute approximate surface area is 98.9 Å². The topological polar surface area (TPSA) is 30.5 Å². The number of ether oxygens (including phenoxy) is 2. The van der Waals surface area contributed by atoms with Gasteiger partial charge in [-0.3, -0.25) is 0 Å². The minimum Gasteiger partial charge on any atom is -0.381 e. The van der Waals surface area contributed by atoms with E-state index in [1.54, 1.807) is 0 Å². The fourth-order valence-corrected chi connectivity index (χ4v) is 3.17. The van der Waals surface area contributed by atoms with Crippen LogP contribution in [0.4, 0.5) is 0 Å². The van der Waals surface area contributed by atoms with Crippen molar-refractivity contribution in [3.8, 4) is 0 Å². The zero-order valence-corrected chi connectivity index (χ0v) is 10.6. The van der Waals surface area contributed by atoms with Gasteiger partial charge in [0, 0.05) is 25.2 Å². The van der Waals surface area contributed by atoms with Crippen LogP contribution in [-0.4, -0.2) is 38.5 Å². The van der Waals surface area contributed by atoms with E-state index in [1.165, 1.54) is 19.3 Å². The third-order valence-electron chi connectivity index (χ3n) is 4.04. The first-order chi connectivity index (χ1) is 7.83. The fraction of sp³-hybridized carbons (Fsp3) is 1.00. The predicted molar refractivity (Wildman–Crippen MR) is 64.5 cm³/mol. The summed E-state index contributed by atoms with van der Waals surface area (Å²) in [5.41, 5.74) is 0. The molecule has 0 amide bonds. The number of hydrogen-bond donors (Lipinski definition) is 1. The minimum atomic E-state index is 0.408. The quantitative estimate of drug-likeness (QED) is 0.794. The van der Waals surface area contributed by atoms with E-state index in [2.05, 4.69) is 19.2 Å². The van der Waals surface area contributed by atoms with Crippen LogP contribution in [0.2, 0.25) is 0 Å². The maximum atomic E-state index is 5.70. The van der Waals surface area contributed by atoms with Gasteiger partial charge in [0.1, 0.15) is 0 Å². The Hall–Kier alpha value is -0.120. The Morgan fingerprint density at radius 3 is 2.75 bits per heavy atom. The van der Waals surface area contributed by atoms with Gasteiger partial charge in [-0.25, -0.2) is 0 Å². The molecule has 0 aromatic heterocycles. The summed E-state index contributed by atoms with van der Waals surface area (Å²) >= 11 is 0. The molecule has 2 aliphatic rings. The first-order valence-corrected chi connectivity index (χ1v) is 6.75. The number of rotatable bonds is 4. The maximum Gasteiger partial charge on any atom is 0.0590 e. The van der Waals surface area contributed by atoms with Crippen LogP contribution in [0, 0.1) is 11.8 Å². The molecular weight excluding hydrogens is 202 g/mol. The zero-order valence-electron chi connectivity index (χ0n) is 10.6. The van der Waals surface area contributed by atoms with Crippen LogP contribution < -0.4 is 5.32 Å². The second-order valence-corrected chi connectivity index (χ2v) is 5.09. The summed E-state index contributed by atoms with van der Waals surface area (Å²) in [5.74, 6) is 1.36. The van der Waals surface area contributed by atoms with Crippen LogP contribution in [0.15, 0.2) is 0 Å². The smallest absolute Gasteiger partial charge is 0.0590 e. The lowest BCUT2D eigenvalue weighted by Crippen LogP contribution is -2.47. The summed E-state index contributed by atoms with van der Waals surface area (Å²) in [6, 6.07) is 0.586. The summed E-state index contributed by atoms with van der Waals surface area (Å²) in [5, 5.41) is 3.66. The monoisotopic (exact) mass is 227 g/mol. The molecule has 2 aliphatic heterocycles. The van der Waals surface area contributed by atoms with Gasteiger partial charge in [0.25, 0.3) is 0 Å². The second-order valence-electron chi connectivity index (χ2n) is 5.09. The summed E-state index contributed by atoms with van der Waals surface area (Å²) in [4.78, 5) is 0. The highest BCUT2D eigenvalue weighted by Gasteiger charge is 2.36. The van der Waals surface area contributed by atoms with E-state index >= 15 is 0 Å². The molecule has 4 atom stereocenters. The number of hydrogen-bond acceptors (Lipinski definition) is 3. The van der Waals surface area contributed by atoms with Gasteiger partial charge >= 0.3 is 0 Å². The molecule has 2 rings (SSSR count). The Bertz CT molecular complexity index is 204. The van der Waals surface area contributed by atoms with Gasteiger partial charge in [-0.1, -0.05) is 6.92 Å². The maximum absolute atomic E-state index is 5.70. The SMILES string of the molecule is CCNC(C1CCCOC1)C1CCOC1C. The zero-order chi connectivity index (χ0) is 11.4. The van der Waals surface area contributed by atoms with Crippen LogP contribution in [0.3, 0.4) is 0 Å². The molecule has 4 unspecified atom stereocenters. The normalized spacial score (nSPS) is 37.5. The Balaban J connectivity index is 1.97. The molecule has 94 valence electrons. The van der Waals surface area contributed by atoms with Gasteiger partial charge in [-0.05, 0) is 38.6 Å². The van der Waals surface area contributed by atoms with E-state index in [1.807, 2.05) is 0 Å². The van der Waals surface area contributed by atoms with Crippen LogP contribution in [0.5, 0.6) is 0 Å². The number of nitrogens with one attached hydrogen (secondary N) is 1. The molecule has 3 heteroatoms. The van der Waals surface area contributed by atoms with Crippen molar-refractivity contribution < 1.29 is 9.47 Å². The molecule has 0 saturated carbocycles.